The number of alkyl carbamates (subject to hydrolysis) is 1. The zero-order valence-electron chi connectivity index (χ0n) is 13.9. The van der Waals surface area contributed by atoms with Gasteiger partial charge in [-0.15, -0.1) is 0 Å². The van der Waals surface area contributed by atoms with Crippen molar-refractivity contribution in [3.05, 3.63) is 35.9 Å². The minimum Gasteiger partial charge on any atom is -0.444 e. The molecule has 0 unspecified atom stereocenters. The molecule has 22 heavy (non-hydrogen) atoms. The molecule has 124 valence electrons. The van der Waals surface area contributed by atoms with Gasteiger partial charge in [-0.05, 0) is 33.3 Å². The number of carbonyl (C=O) groups is 1. The fraction of sp³-hybridized carbons (Fsp3) is 0.533. The molecule has 1 amide bonds. The monoisotopic (exact) mass is 329 g/mol. The van der Waals surface area contributed by atoms with E-state index in [0.29, 0.717) is 5.56 Å². The van der Waals surface area contributed by atoms with Crippen LogP contribution in [0.25, 0.3) is 0 Å². The third-order valence-electron chi connectivity index (χ3n) is 3.11. The molecule has 0 spiro atoms. The fourth-order valence-electron chi connectivity index (χ4n) is 2.00. The molecule has 0 bridgehead atoms. The van der Waals surface area contributed by atoms with Gasteiger partial charge in [-0.1, -0.05) is 30.3 Å². The van der Waals surface area contributed by atoms with E-state index in [9.17, 15) is 9.36 Å². The highest BCUT2D eigenvalue weighted by Gasteiger charge is 2.49. The summed E-state index contributed by atoms with van der Waals surface area (Å²) < 4.78 is 28.4. The molecule has 1 atom stereocenters. The van der Waals surface area contributed by atoms with E-state index in [0.717, 1.165) is 0 Å². The molecule has 6 nitrogen and oxygen atoms in total. The average Bonchev–Trinajstić information content (AvgIpc) is 2.45. The standard InChI is InChI=1S/C15H24NO5P/c1-14(2,3)21-13(17)16-15(4,22(18,19-5)20-6)12-10-8-7-9-11-12/h7-11H,1-6H3,(H,16,17)/t15-/m1/s1. The Morgan fingerprint density at radius 1 is 1.05 bits per heavy atom. The second kappa shape index (κ2) is 6.82. The Morgan fingerprint density at radius 2 is 1.55 bits per heavy atom. The van der Waals surface area contributed by atoms with Crippen molar-refractivity contribution < 1.29 is 23.1 Å². The highest BCUT2D eigenvalue weighted by atomic mass is 31.2. The molecule has 0 fully saturated rings. The van der Waals surface area contributed by atoms with E-state index in [1.165, 1.54) is 14.2 Å². The van der Waals surface area contributed by atoms with E-state index in [2.05, 4.69) is 5.32 Å². The summed E-state index contributed by atoms with van der Waals surface area (Å²) in [4.78, 5) is 12.2. The average molecular weight is 329 g/mol. The van der Waals surface area contributed by atoms with E-state index >= 15 is 0 Å². The van der Waals surface area contributed by atoms with Gasteiger partial charge >= 0.3 is 13.7 Å². The van der Waals surface area contributed by atoms with Crippen molar-refractivity contribution in [2.75, 3.05) is 14.2 Å². The van der Waals surface area contributed by atoms with Gasteiger partial charge in [-0.3, -0.25) is 4.57 Å². The molecule has 0 aliphatic rings. The predicted molar refractivity (Wildman–Crippen MR) is 84.8 cm³/mol. The van der Waals surface area contributed by atoms with Crippen molar-refractivity contribution in [2.45, 2.75) is 38.6 Å². The fourth-order valence-corrected chi connectivity index (χ4v) is 3.58. The quantitative estimate of drug-likeness (QED) is 0.830. The van der Waals surface area contributed by atoms with Crippen molar-refractivity contribution in [3.63, 3.8) is 0 Å². The summed E-state index contributed by atoms with van der Waals surface area (Å²) in [5.41, 5.74) is -0.0841. The number of rotatable bonds is 5. The molecule has 0 heterocycles. The SMILES string of the molecule is COP(=O)(OC)[C@@](C)(NC(=O)OC(C)(C)C)c1ccccc1. The van der Waals surface area contributed by atoms with Gasteiger partial charge in [0, 0.05) is 14.2 Å². The van der Waals surface area contributed by atoms with Crippen LogP contribution in [0.15, 0.2) is 30.3 Å². The predicted octanol–water partition coefficient (Wildman–Crippen LogP) is 3.87. The van der Waals surface area contributed by atoms with Crippen molar-refractivity contribution in [3.8, 4) is 0 Å². The maximum atomic E-state index is 13.0. The number of amides is 1. The van der Waals surface area contributed by atoms with Crippen LogP contribution in [0.3, 0.4) is 0 Å². The lowest BCUT2D eigenvalue weighted by molar-refractivity contribution is 0.0478. The van der Waals surface area contributed by atoms with Gasteiger partial charge in [0.05, 0.1) is 0 Å². The Bertz CT molecular complexity index is 547. The van der Waals surface area contributed by atoms with Gasteiger partial charge in [0.25, 0.3) is 0 Å². The van der Waals surface area contributed by atoms with Crippen LogP contribution in [0, 0.1) is 0 Å². The van der Waals surface area contributed by atoms with E-state index < -0.39 is 24.6 Å². The first-order chi connectivity index (χ1) is 10.1. The zero-order chi connectivity index (χ0) is 17.0. The maximum Gasteiger partial charge on any atom is 0.408 e. The first-order valence-electron chi connectivity index (χ1n) is 6.86. The topological polar surface area (TPSA) is 73.9 Å². The summed E-state index contributed by atoms with van der Waals surface area (Å²) in [6, 6.07) is 8.85. The molecule has 0 aliphatic carbocycles. The van der Waals surface area contributed by atoms with E-state index in [1.807, 2.05) is 6.07 Å². The minimum atomic E-state index is -3.66. The van der Waals surface area contributed by atoms with Crippen molar-refractivity contribution in [2.24, 2.45) is 0 Å². The van der Waals surface area contributed by atoms with Gasteiger partial charge in [0.15, 0.2) is 5.28 Å². The third kappa shape index (κ3) is 4.09. The molecule has 0 saturated carbocycles. The number of benzene rings is 1. The molecule has 1 N–H and O–H groups in total. The summed E-state index contributed by atoms with van der Waals surface area (Å²) in [6.07, 6.45) is -0.701. The highest BCUT2D eigenvalue weighted by Crippen LogP contribution is 2.62. The van der Waals surface area contributed by atoms with E-state index in [4.69, 9.17) is 13.8 Å². The van der Waals surface area contributed by atoms with Crippen LogP contribution in [0.4, 0.5) is 4.79 Å². The Kier molecular flexibility index (Phi) is 5.79. The maximum absolute atomic E-state index is 13.0. The molecular formula is C15H24NO5P. The lowest BCUT2D eigenvalue weighted by Gasteiger charge is -2.36. The first-order valence-corrected chi connectivity index (χ1v) is 8.40. The molecule has 0 radical (unpaired) electrons. The molecule has 0 aliphatic heterocycles. The van der Waals surface area contributed by atoms with Gasteiger partial charge in [0.1, 0.15) is 5.60 Å². The normalized spacial score (nSPS) is 15.0. The van der Waals surface area contributed by atoms with Crippen molar-refractivity contribution in [1.29, 1.82) is 0 Å². The van der Waals surface area contributed by atoms with Crippen molar-refractivity contribution in [1.82, 2.24) is 5.32 Å². The van der Waals surface area contributed by atoms with Crippen LogP contribution in [0.5, 0.6) is 0 Å². The highest BCUT2D eigenvalue weighted by molar-refractivity contribution is 7.55. The molecule has 0 saturated heterocycles. The van der Waals surface area contributed by atoms with Crippen LogP contribution in [-0.2, 0) is 23.6 Å². The van der Waals surface area contributed by atoms with Gasteiger partial charge in [-0.25, -0.2) is 4.79 Å². The van der Waals surface area contributed by atoms with Gasteiger partial charge in [0.2, 0.25) is 0 Å². The van der Waals surface area contributed by atoms with Crippen LogP contribution in [0.1, 0.15) is 33.3 Å². The van der Waals surface area contributed by atoms with E-state index in [1.54, 1.807) is 52.0 Å². The van der Waals surface area contributed by atoms with Gasteiger partial charge in [-0.2, -0.15) is 0 Å². The number of hydrogen-bond acceptors (Lipinski definition) is 5. The Balaban J connectivity index is 3.25. The lowest BCUT2D eigenvalue weighted by atomic mass is 10.1. The molecule has 7 heteroatoms. The number of carbonyl (C=O) groups excluding carboxylic acids is 1. The number of nitrogens with one attached hydrogen (secondary N) is 1. The summed E-state index contributed by atoms with van der Waals surface area (Å²) in [5, 5.41) is 1.26. The first kappa shape index (κ1) is 18.7. The second-order valence-electron chi connectivity index (χ2n) is 5.93. The second-order valence-corrected chi connectivity index (χ2v) is 8.55. The minimum absolute atomic E-state index is 0.591. The largest absolute Gasteiger partial charge is 0.444 e. The summed E-state index contributed by atoms with van der Waals surface area (Å²) in [6.45, 7) is 6.83. The molecule has 1 aromatic rings. The lowest BCUT2D eigenvalue weighted by Crippen LogP contribution is -2.46. The smallest absolute Gasteiger partial charge is 0.408 e. The summed E-state index contributed by atoms with van der Waals surface area (Å²) >= 11 is 0. The third-order valence-corrected chi connectivity index (χ3v) is 5.54. The molecule has 1 rings (SSSR count). The van der Waals surface area contributed by atoms with E-state index in [-0.39, 0.29) is 0 Å². The number of hydrogen-bond donors (Lipinski definition) is 1. The van der Waals surface area contributed by atoms with Crippen LogP contribution < -0.4 is 5.32 Å². The van der Waals surface area contributed by atoms with Gasteiger partial charge < -0.3 is 19.1 Å². The van der Waals surface area contributed by atoms with Crippen LogP contribution >= 0.6 is 7.60 Å². The Labute approximate surface area is 131 Å². The van der Waals surface area contributed by atoms with Crippen LogP contribution in [0.2, 0.25) is 0 Å². The molecule has 0 aromatic heterocycles. The van der Waals surface area contributed by atoms with Crippen LogP contribution in [-0.4, -0.2) is 25.9 Å². The Morgan fingerprint density at radius 3 is 1.95 bits per heavy atom. The molecule has 1 aromatic carbocycles. The summed E-state index contributed by atoms with van der Waals surface area (Å²) in [7, 11) is -1.10. The number of ether oxygens (including phenoxy) is 1. The summed E-state index contributed by atoms with van der Waals surface area (Å²) in [5.74, 6) is 0. The zero-order valence-corrected chi connectivity index (χ0v) is 14.8. The Hall–Kier alpha value is -1.36. The van der Waals surface area contributed by atoms with Crippen molar-refractivity contribution >= 4 is 13.7 Å². The molecular weight excluding hydrogens is 305 g/mol.